The normalized spacial score (nSPS) is 20.9. The van der Waals surface area contributed by atoms with Crippen LogP contribution in [0.4, 0.5) is 4.79 Å². The van der Waals surface area contributed by atoms with E-state index in [4.69, 9.17) is 24.2 Å². The van der Waals surface area contributed by atoms with E-state index in [9.17, 15) is 19.2 Å². The van der Waals surface area contributed by atoms with Gasteiger partial charge in [-0.2, -0.15) is 0 Å². The number of hydrazine groups is 1. The van der Waals surface area contributed by atoms with Crippen molar-refractivity contribution in [2.24, 2.45) is 11.3 Å². The van der Waals surface area contributed by atoms with Gasteiger partial charge in [0, 0.05) is 85.8 Å². The fraction of sp³-hybridized carbons (Fsp3) is 0.556. The van der Waals surface area contributed by atoms with E-state index in [2.05, 4.69) is 60.3 Å². The molecule has 0 spiro atoms. The van der Waals surface area contributed by atoms with Crippen molar-refractivity contribution < 1.29 is 33.4 Å². The van der Waals surface area contributed by atoms with Crippen LogP contribution in [0.25, 0.3) is 33.4 Å². The minimum absolute atomic E-state index is 0.105. The number of methoxy groups -OCH3 is 1. The first-order valence-corrected chi connectivity index (χ1v) is 22.3. The summed E-state index contributed by atoms with van der Waals surface area (Å²) in [5, 5.41) is 8.16. The smallest absolute Gasteiger partial charge is 0.324 e. The van der Waals surface area contributed by atoms with Crippen LogP contribution in [0, 0.1) is 11.3 Å². The summed E-state index contributed by atoms with van der Waals surface area (Å²) in [6.45, 7) is 15.0. The summed E-state index contributed by atoms with van der Waals surface area (Å²) in [4.78, 5) is 69.2. The zero-order chi connectivity index (χ0) is 43.6. The number of carbonyl (C=O) groups is 4. The summed E-state index contributed by atoms with van der Waals surface area (Å²) in [7, 11) is 3.31. The van der Waals surface area contributed by atoms with Crippen molar-refractivity contribution in [2.75, 3.05) is 53.6 Å². The van der Waals surface area contributed by atoms with Crippen molar-refractivity contribution in [3.63, 3.8) is 0 Å². The summed E-state index contributed by atoms with van der Waals surface area (Å²) in [6.07, 6.45) is 3.29. The Bertz CT molecular complexity index is 2250. The van der Waals surface area contributed by atoms with E-state index in [1.54, 1.807) is 25.3 Å². The summed E-state index contributed by atoms with van der Waals surface area (Å²) in [5.74, 6) is -1.55. The highest BCUT2D eigenvalue weighted by Crippen LogP contribution is 2.42. The van der Waals surface area contributed by atoms with E-state index < -0.39 is 41.3 Å². The Balaban J connectivity index is 1.29. The zero-order valence-corrected chi connectivity index (χ0v) is 37.5. The molecule has 328 valence electrons. The first-order valence-electron chi connectivity index (χ1n) is 21.4. The lowest BCUT2D eigenvalue weighted by molar-refractivity contribution is -0.155. The molecule has 15 nitrogen and oxygen atoms in total. The molecule has 0 radical (unpaired) electrons. The Morgan fingerprint density at radius 1 is 1.13 bits per heavy atom. The number of hydrogen-bond donors (Lipinski definition) is 2. The number of likely N-dealkylation sites (N-methyl/N-ethyl adjacent to an activating group) is 1. The standard InChI is InChI=1S/C45H60N8O7S/c1-9-52-36-15-14-29-22-31(36)32(40(52)30-12-10-16-46-38(30)28(4)58-8)24-45(5,6)26-60-43(56)33-13-11-17-53(49-33)42(55)34(23-37-47-35(29)25-61-37)48-41(54)39(27(2)3)50(7)44(57)51-18-20-59-21-19-51/h10,12,14-16,22,25,27-28,33-34,39,49H,9,11,13,17-21,23-24,26H2,1-8H3,(H,48,54)/t28-,33-,34-,39?/m0/s1. The number of amides is 4. The van der Waals surface area contributed by atoms with Gasteiger partial charge in [0.05, 0.1) is 48.0 Å². The van der Waals surface area contributed by atoms with E-state index in [-0.39, 0.29) is 31.1 Å². The van der Waals surface area contributed by atoms with Crippen molar-refractivity contribution in [1.29, 1.82) is 0 Å². The number of aromatic nitrogens is 3. The maximum absolute atomic E-state index is 14.5. The molecule has 3 aromatic heterocycles. The number of esters is 1. The number of cyclic esters (lactones) is 1. The average Bonchev–Trinajstić information content (AvgIpc) is 3.85. The van der Waals surface area contributed by atoms with E-state index in [0.29, 0.717) is 63.7 Å². The maximum Gasteiger partial charge on any atom is 0.324 e. The minimum Gasteiger partial charge on any atom is -0.464 e. The molecule has 2 N–H and O–H groups in total. The molecular weight excluding hydrogens is 797 g/mol. The third-order valence-corrected chi connectivity index (χ3v) is 12.9. The van der Waals surface area contributed by atoms with E-state index in [0.717, 1.165) is 44.7 Å². The molecule has 3 aliphatic heterocycles. The van der Waals surface area contributed by atoms with E-state index >= 15 is 0 Å². The molecule has 0 saturated carbocycles. The Kier molecular flexibility index (Phi) is 13.5. The van der Waals surface area contributed by atoms with Crippen LogP contribution in [0.2, 0.25) is 0 Å². The molecule has 4 atom stereocenters. The van der Waals surface area contributed by atoms with Gasteiger partial charge in [-0.1, -0.05) is 33.8 Å². The number of hydrogen-bond acceptors (Lipinski definition) is 11. The van der Waals surface area contributed by atoms with Gasteiger partial charge in [-0.25, -0.2) is 15.2 Å². The largest absolute Gasteiger partial charge is 0.464 e. The number of morpholine rings is 1. The Hall–Kier alpha value is -4.90. The molecule has 4 aromatic rings. The van der Waals surface area contributed by atoms with Crippen LogP contribution in [0.15, 0.2) is 41.9 Å². The van der Waals surface area contributed by atoms with Gasteiger partial charge in [0.1, 0.15) is 18.1 Å². The van der Waals surface area contributed by atoms with E-state index in [1.807, 2.05) is 32.2 Å². The molecule has 3 aliphatic rings. The molecule has 1 aromatic carbocycles. The van der Waals surface area contributed by atoms with Gasteiger partial charge in [0.25, 0.3) is 5.91 Å². The number of rotatable bonds is 8. The Morgan fingerprint density at radius 3 is 2.62 bits per heavy atom. The number of fused-ring (bicyclic) bond motifs is 6. The maximum atomic E-state index is 14.5. The summed E-state index contributed by atoms with van der Waals surface area (Å²) in [5.41, 5.74) is 9.36. The van der Waals surface area contributed by atoms with Crippen LogP contribution in [0.3, 0.4) is 0 Å². The van der Waals surface area contributed by atoms with Crippen molar-refractivity contribution in [1.82, 2.24) is 40.1 Å². The molecule has 61 heavy (non-hydrogen) atoms. The highest BCUT2D eigenvalue weighted by Gasteiger charge is 2.39. The number of thiazole rings is 1. The Morgan fingerprint density at radius 2 is 1.90 bits per heavy atom. The van der Waals surface area contributed by atoms with Gasteiger partial charge in [-0.15, -0.1) is 11.3 Å². The monoisotopic (exact) mass is 856 g/mol. The fourth-order valence-corrected chi connectivity index (χ4v) is 9.69. The number of carbonyl (C=O) groups excluding carboxylic acids is 4. The van der Waals surface area contributed by atoms with Crippen molar-refractivity contribution in [3.05, 3.63) is 58.2 Å². The number of pyridine rings is 1. The number of benzene rings is 1. The predicted octanol–water partition coefficient (Wildman–Crippen LogP) is 5.61. The number of nitrogens with one attached hydrogen (secondary N) is 2. The molecule has 2 saturated heterocycles. The average molecular weight is 857 g/mol. The first-order chi connectivity index (χ1) is 29.2. The Labute approximate surface area is 362 Å². The fourth-order valence-electron chi connectivity index (χ4n) is 8.84. The SMILES string of the molecule is CCn1c(-c2cccnc2[C@H](C)OC)c2c3cc(ccc31)-c1csc(n1)C[C@H](NC(=O)C(C(C)C)N(C)C(=O)N1CCOCC1)C(=O)N1CCC[C@H](N1)C(=O)OCC(C)(C)C2. The zero-order valence-electron chi connectivity index (χ0n) is 36.7. The van der Waals surface area contributed by atoms with Gasteiger partial charge in [-0.3, -0.25) is 24.4 Å². The molecular formula is C45H60N8O7S. The molecule has 16 heteroatoms. The van der Waals surface area contributed by atoms with Gasteiger partial charge in [-0.05, 0) is 68.9 Å². The molecule has 2 fully saturated rings. The summed E-state index contributed by atoms with van der Waals surface area (Å²) >= 11 is 1.42. The topological polar surface area (TPSA) is 160 Å². The van der Waals surface area contributed by atoms with E-state index in [1.165, 1.54) is 21.2 Å². The van der Waals surface area contributed by atoms with Crippen LogP contribution in [0.5, 0.6) is 0 Å². The minimum atomic E-state index is -1.04. The predicted molar refractivity (Wildman–Crippen MR) is 234 cm³/mol. The number of urea groups is 1. The van der Waals surface area contributed by atoms with Crippen LogP contribution in [-0.2, 0) is 48.0 Å². The quantitative estimate of drug-likeness (QED) is 0.213. The van der Waals surface area contributed by atoms with Crippen molar-refractivity contribution in [3.8, 4) is 22.5 Å². The first kappa shape index (κ1) is 44.2. The lowest BCUT2D eigenvalue weighted by atomic mass is 9.84. The number of ether oxygens (including phenoxy) is 3. The van der Waals surface area contributed by atoms with Crippen LogP contribution < -0.4 is 10.7 Å². The van der Waals surface area contributed by atoms with Crippen LogP contribution in [-0.4, -0.2) is 125 Å². The highest BCUT2D eigenvalue weighted by molar-refractivity contribution is 7.10. The molecule has 7 rings (SSSR count). The second-order valence-electron chi connectivity index (χ2n) is 17.5. The third kappa shape index (κ3) is 9.32. The van der Waals surface area contributed by atoms with Crippen molar-refractivity contribution in [2.45, 2.75) is 98.0 Å². The van der Waals surface area contributed by atoms with Crippen LogP contribution >= 0.6 is 11.3 Å². The molecule has 4 amide bonds. The van der Waals surface area contributed by atoms with Gasteiger partial charge < -0.3 is 33.9 Å². The second kappa shape index (κ2) is 18.6. The number of nitrogens with zero attached hydrogens (tertiary/aromatic N) is 6. The van der Waals surface area contributed by atoms with Crippen LogP contribution in [0.1, 0.15) is 76.8 Å². The van der Waals surface area contributed by atoms with Gasteiger partial charge >= 0.3 is 12.0 Å². The third-order valence-electron chi connectivity index (χ3n) is 12.1. The summed E-state index contributed by atoms with van der Waals surface area (Å²) in [6, 6.07) is 7.51. The van der Waals surface area contributed by atoms with Gasteiger partial charge in [0.15, 0.2) is 0 Å². The molecule has 0 aliphatic carbocycles. The molecule has 6 bridgehead atoms. The lowest BCUT2D eigenvalue weighted by Crippen LogP contribution is -2.62. The second-order valence-corrected chi connectivity index (χ2v) is 18.4. The summed E-state index contributed by atoms with van der Waals surface area (Å²) < 4.78 is 19.7. The lowest BCUT2D eigenvalue weighted by Gasteiger charge is -2.38. The van der Waals surface area contributed by atoms with Gasteiger partial charge in [0.2, 0.25) is 5.91 Å². The molecule has 1 unspecified atom stereocenters. The highest BCUT2D eigenvalue weighted by atomic mass is 32.1. The number of aryl methyl sites for hydroxylation is 1. The molecule has 6 heterocycles. The van der Waals surface area contributed by atoms with Crippen molar-refractivity contribution >= 4 is 46.1 Å².